The predicted octanol–water partition coefficient (Wildman–Crippen LogP) is 2.75. The van der Waals surface area contributed by atoms with Crippen LogP contribution >= 0.6 is 0 Å². The Labute approximate surface area is 118 Å². The van der Waals surface area contributed by atoms with Crippen molar-refractivity contribution in [3.63, 3.8) is 0 Å². The molecule has 0 saturated carbocycles. The molecule has 0 aliphatic rings. The van der Waals surface area contributed by atoms with E-state index in [2.05, 4.69) is 14.7 Å². The molecule has 9 heteroatoms. The van der Waals surface area contributed by atoms with Crippen LogP contribution in [0.25, 0.3) is 0 Å². The zero-order valence-electron chi connectivity index (χ0n) is 11.5. The van der Waals surface area contributed by atoms with Gasteiger partial charge in [-0.25, -0.2) is 23.5 Å². The van der Waals surface area contributed by atoms with Crippen molar-refractivity contribution in [3.05, 3.63) is 17.6 Å². The molecule has 1 heterocycles. The van der Waals surface area contributed by atoms with Crippen LogP contribution in [0.5, 0.6) is 5.88 Å². The first-order valence-electron chi connectivity index (χ1n) is 5.84. The fourth-order valence-electron chi connectivity index (χ4n) is 1.36. The molecule has 118 valence electrons. The average Bonchev–Trinajstić information content (AvgIpc) is 2.34. The van der Waals surface area contributed by atoms with Crippen molar-refractivity contribution >= 4 is 5.97 Å². The number of aromatic carboxylic acids is 1. The topological polar surface area (TPSA) is 72.3 Å². The highest BCUT2D eigenvalue weighted by molar-refractivity contribution is 5.86. The van der Waals surface area contributed by atoms with Crippen LogP contribution in [-0.2, 0) is 5.41 Å². The normalized spacial score (nSPS) is 12.6. The number of ether oxygens (including phenoxy) is 1. The summed E-state index contributed by atoms with van der Waals surface area (Å²) < 4.78 is 54.0. The number of halogens is 4. The molecule has 0 aliphatic carbocycles. The van der Waals surface area contributed by atoms with Crippen molar-refractivity contribution in [1.29, 1.82) is 0 Å². The number of nitrogens with zero attached hydrogens (tertiary/aromatic N) is 2. The van der Waals surface area contributed by atoms with Crippen LogP contribution in [0.1, 0.15) is 37.0 Å². The van der Waals surface area contributed by atoms with E-state index in [0.29, 0.717) is 0 Å². The summed E-state index contributed by atoms with van der Waals surface area (Å²) in [6.45, 7) is 3.35. The van der Waals surface area contributed by atoms with Crippen molar-refractivity contribution in [3.8, 4) is 5.88 Å². The Morgan fingerprint density at radius 1 is 1.38 bits per heavy atom. The number of carbonyl (C=O) groups is 1. The predicted molar refractivity (Wildman–Crippen MR) is 64.1 cm³/mol. The molecule has 0 atom stereocenters. The second-order valence-electron chi connectivity index (χ2n) is 5.31. The first kappa shape index (κ1) is 17.1. The van der Waals surface area contributed by atoms with Gasteiger partial charge in [-0.05, 0) is 0 Å². The lowest BCUT2D eigenvalue weighted by Crippen LogP contribution is -2.34. The van der Waals surface area contributed by atoms with Gasteiger partial charge in [-0.15, -0.1) is 0 Å². The molecule has 0 unspecified atom stereocenters. The average molecular weight is 310 g/mol. The minimum absolute atomic E-state index is 0.00728. The molecule has 0 aliphatic heterocycles. The molecule has 0 bridgehead atoms. The Balaban J connectivity index is 3.04. The highest BCUT2D eigenvalue weighted by atomic mass is 19.3. The zero-order valence-corrected chi connectivity index (χ0v) is 11.5. The fraction of sp³-hybridized carbons (Fsp3) is 0.583. The summed E-state index contributed by atoms with van der Waals surface area (Å²) in [4.78, 5) is 18.4. The Morgan fingerprint density at radius 3 is 2.38 bits per heavy atom. The molecule has 0 amide bonds. The summed E-state index contributed by atoms with van der Waals surface area (Å²) in [6, 6.07) is 0. The molecule has 0 radical (unpaired) electrons. The summed E-state index contributed by atoms with van der Waals surface area (Å²) in [6.07, 6.45) is -3.06. The summed E-state index contributed by atoms with van der Waals surface area (Å²) >= 11 is 0. The van der Waals surface area contributed by atoms with E-state index < -0.39 is 36.2 Å². The van der Waals surface area contributed by atoms with Gasteiger partial charge < -0.3 is 9.84 Å². The quantitative estimate of drug-likeness (QED) is 0.847. The van der Waals surface area contributed by atoms with E-state index in [9.17, 15) is 22.4 Å². The van der Waals surface area contributed by atoms with Crippen LogP contribution in [0.2, 0.25) is 0 Å². The van der Waals surface area contributed by atoms with E-state index in [1.54, 1.807) is 20.8 Å². The third kappa shape index (κ3) is 4.27. The highest BCUT2D eigenvalue weighted by Crippen LogP contribution is 2.27. The van der Waals surface area contributed by atoms with Gasteiger partial charge in [0.25, 0.3) is 0 Å². The summed E-state index contributed by atoms with van der Waals surface area (Å²) in [5, 5.41) is 8.99. The molecule has 1 aromatic heterocycles. The number of rotatable bonds is 5. The Kier molecular flexibility index (Phi) is 4.75. The van der Waals surface area contributed by atoms with Gasteiger partial charge in [-0.1, -0.05) is 20.8 Å². The summed E-state index contributed by atoms with van der Waals surface area (Å²) in [7, 11) is 0. The fourth-order valence-corrected chi connectivity index (χ4v) is 1.36. The first-order chi connectivity index (χ1) is 9.45. The van der Waals surface area contributed by atoms with E-state index in [1.807, 2.05) is 0 Å². The minimum Gasteiger partial charge on any atom is -0.476 e. The molecule has 1 aromatic rings. The smallest absolute Gasteiger partial charge is 0.356 e. The van der Waals surface area contributed by atoms with Gasteiger partial charge in [0.15, 0.2) is 12.3 Å². The third-order valence-corrected chi connectivity index (χ3v) is 2.40. The van der Waals surface area contributed by atoms with Gasteiger partial charge in [0, 0.05) is 5.41 Å². The monoisotopic (exact) mass is 310 g/mol. The molecule has 5 nitrogen and oxygen atoms in total. The maximum atomic E-state index is 12.8. The second-order valence-corrected chi connectivity index (χ2v) is 5.31. The van der Waals surface area contributed by atoms with E-state index in [-0.39, 0.29) is 11.4 Å². The lowest BCUT2D eigenvalue weighted by Gasteiger charge is -2.20. The molecule has 1 rings (SSSR count). The van der Waals surface area contributed by atoms with Crippen molar-refractivity contribution in [2.75, 3.05) is 6.61 Å². The van der Waals surface area contributed by atoms with Crippen LogP contribution in [0, 0.1) is 0 Å². The van der Waals surface area contributed by atoms with E-state index >= 15 is 0 Å². The lowest BCUT2D eigenvalue weighted by molar-refractivity contribution is -0.148. The van der Waals surface area contributed by atoms with E-state index in [0.717, 1.165) is 6.20 Å². The Morgan fingerprint density at radius 2 is 1.95 bits per heavy atom. The van der Waals surface area contributed by atoms with E-state index in [4.69, 9.17) is 5.11 Å². The van der Waals surface area contributed by atoms with Crippen LogP contribution in [0.15, 0.2) is 6.20 Å². The SMILES string of the molecule is CC(C)(C)c1nc(OCC(F)(F)C(F)F)cnc1C(=O)O. The van der Waals surface area contributed by atoms with Crippen molar-refractivity contribution < 1.29 is 32.2 Å². The molecule has 0 fully saturated rings. The van der Waals surface area contributed by atoms with Gasteiger partial charge in [0.1, 0.15) is 0 Å². The second kappa shape index (κ2) is 5.82. The number of alkyl halides is 4. The van der Waals surface area contributed by atoms with Crippen LogP contribution in [-0.4, -0.2) is 40.0 Å². The Bertz CT molecular complexity index is 530. The number of carboxylic acid groups (broad SMARTS) is 1. The lowest BCUT2D eigenvalue weighted by atomic mass is 9.90. The van der Waals surface area contributed by atoms with Gasteiger partial charge in [0.05, 0.1) is 11.9 Å². The van der Waals surface area contributed by atoms with Gasteiger partial charge in [-0.2, -0.15) is 8.78 Å². The van der Waals surface area contributed by atoms with Crippen LogP contribution in [0.4, 0.5) is 17.6 Å². The molecular weight excluding hydrogens is 296 g/mol. The third-order valence-electron chi connectivity index (χ3n) is 2.40. The first-order valence-corrected chi connectivity index (χ1v) is 5.84. The summed E-state index contributed by atoms with van der Waals surface area (Å²) in [5.74, 6) is -6.10. The van der Waals surface area contributed by atoms with Gasteiger partial charge in [0.2, 0.25) is 5.88 Å². The van der Waals surface area contributed by atoms with Gasteiger partial charge in [-0.3, -0.25) is 0 Å². The number of hydrogen-bond donors (Lipinski definition) is 1. The van der Waals surface area contributed by atoms with Crippen molar-refractivity contribution in [2.24, 2.45) is 0 Å². The molecule has 0 spiro atoms. The number of aromatic nitrogens is 2. The van der Waals surface area contributed by atoms with E-state index in [1.165, 1.54) is 0 Å². The van der Waals surface area contributed by atoms with Crippen molar-refractivity contribution in [2.45, 2.75) is 38.5 Å². The van der Waals surface area contributed by atoms with Gasteiger partial charge >= 0.3 is 18.3 Å². The molecule has 1 N–H and O–H groups in total. The summed E-state index contributed by atoms with van der Waals surface area (Å²) in [5.41, 5.74) is -1.09. The zero-order chi connectivity index (χ0) is 16.4. The molecule has 0 aromatic carbocycles. The molecule has 0 saturated heterocycles. The minimum atomic E-state index is -4.32. The van der Waals surface area contributed by atoms with Crippen molar-refractivity contribution in [1.82, 2.24) is 9.97 Å². The largest absolute Gasteiger partial charge is 0.476 e. The van der Waals surface area contributed by atoms with Crippen LogP contribution < -0.4 is 4.74 Å². The van der Waals surface area contributed by atoms with Crippen LogP contribution in [0.3, 0.4) is 0 Å². The molecular formula is C12H14F4N2O3. The molecule has 21 heavy (non-hydrogen) atoms. The maximum absolute atomic E-state index is 12.8. The number of carboxylic acids is 1. The Hall–Kier alpha value is -1.93. The maximum Gasteiger partial charge on any atom is 0.356 e. The standard InChI is InChI=1S/C12H14F4N2O3/c1-11(2,3)8-7(9(19)20)17-4-6(18-8)21-5-12(15,16)10(13)14/h4,10H,5H2,1-3H3,(H,19,20). The number of hydrogen-bond acceptors (Lipinski definition) is 4. The highest BCUT2D eigenvalue weighted by Gasteiger charge is 2.42.